The highest BCUT2D eigenvalue weighted by molar-refractivity contribution is 6.21. The van der Waals surface area contributed by atoms with Crippen molar-refractivity contribution in [3.63, 3.8) is 0 Å². The molecule has 0 spiro atoms. The summed E-state index contributed by atoms with van der Waals surface area (Å²) in [5.41, 5.74) is 9.65. The van der Waals surface area contributed by atoms with E-state index >= 15 is 0 Å². The summed E-state index contributed by atoms with van der Waals surface area (Å²) in [5.74, 6) is 1.72. The summed E-state index contributed by atoms with van der Waals surface area (Å²) >= 11 is 0. The number of benzene rings is 7. The van der Waals surface area contributed by atoms with Crippen LogP contribution in [0.4, 0.5) is 0 Å². The SMILES string of the molecule is N#Cc1cccc(-c2cc(-c3nc(-c4ccccc4)nc(-c4ccccc4)n3)cc(-n3c4ccccc4c4ccc5c6ccccc6oc5c43)c2)c1. The molecule has 0 atom stereocenters. The summed E-state index contributed by atoms with van der Waals surface area (Å²) in [4.78, 5) is 15.1. The largest absolute Gasteiger partial charge is 0.454 e. The van der Waals surface area contributed by atoms with Gasteiger partial charge in [-0.2, -0.15) is 5.26 Å². The molecule has 0 radical (unpaired) electrons. The van der Waals surface area contributed by atoms with Crippen molar-refractivity contribution < 1.29 is 4.42 Å². The van der Waals surface area contributed by atoms with Crippen molar-refractivity contribution in [1.82, 2.24) is 19.5 Å². The van der Waals surface area contributed by atoms with Gasteiger partial charge in [-0.15, -0.1) is 0 Å². The van der Waals surface area contributed by atoms with Gasteiger partial charge in [0.05, 0.1) is 22.7 Å². The second kappa shape index (κ2) is 11.9. The molecule has 7 aromatic carbocycles. The third kappa shape index (κ3) is 4.84. The van der Waals surface area contributed by atoms with Crippen LogP contribution in [0.1, 0.15) is 5.56 Å². The molecule has 0 aliphatic carbocycles. The van der Waals surface area contributed by atoms with Crippen LogP contribution in [0, 0.1) is 11.3 Å². The third-order valence-electron chi connectivity index (χ3n) is 9.64. The van der Waals surface area contributed by atoms with E-state index in [1.807, 2.05) is 103 Å². The third-order valence-corrected chi connectivity index (χ3v) is 9.64. The molecule has 0 aliphatic rings. The first-order valence-electron chi connectivity index (χ1n) is 17.1. The summed E-state index contributed by atoms with van der Waals surface area (Å²) in [6.45, 7) is 0. The minimum absolute atomic E-state index is 0.543. The van der Waals surface area contributed by atoms with E-state index in [4.69, 9.17) is 19.4 Å². The quantitative estimate of drug-likeness (QED) is 0.183. The van der Waals surface area contributed by atoms with Crippen LogP contribution in [0.2, 0.25) is 0 Å². The Morgan fingerprint density at radius 3 is 1.79 bits per heavy atom. The van der Waals surface area contributed by atoms with Gasteiger partial charge in [0.2, 0.25) is 0 Å². The highest BCUT2D eigenvalue weighted by Gasteiger charge is 2.21. The van der Waals surface area contributed by atoms with E-state index in [0.29, 0.717) is 23.0 Å². The molecule has 3 aromatic heterocycles. The average molecular weight is 666 g/mol. The maximum atomic E-state index is 9.83. The number of hydrogen-bond donors (Lipinski definition) is 0. The lowest BCUT2D eigenvalue weighted by atomic mass is 9.99. The summed E-state index contributed by atoms with van der Waals surface area (Å²) in [5, 5.41) is 14.2. The molecule has 0 unspecified atom stereocenters. The highest BCUT2D eigenvalue weighted by Crippen LogP contribution is 2.41. The number of fused-ring (bicyclic) bond motifs is 7. The summed E-state index contributed by atoms with van der Waals surface area (Å²) in [6.07, 6.45) is 0. The number of aromatic nitrogens is 4. The second-order valence-corrected chi connectivity index (χ2v) is 12.8. The van der Waals surface area contributed by atoms with Gasteiger partial charge >= 0.3 is 0 Å². The second-order valence-electron chi connectivity index (χ2n) is 12.8. The van der Waals surface area contributed by atoms with Crippen LogP contribution < -0.4 is 0 Å². The van der Waals surface area contributed by atoms with Gasteiger partial charge in [-0.05, 0) is 59.7 Å². The maximum Gasteiger partial charge on any atom is 0.164 e. The number of para-hydroxylation sites is 2. The molecule has 0 saturated heterocycles. The van der Waals surface area contributed by atoms with E-state index in [0.717, 1.165) is 77.2 Å². The van der Waals surface area contributed by atoms with Crippen molar-refractivity contribution >= 4 is 43.7 Å². The fourth-order valence-electron chi connectivity index (χ4n) is 7.24. The minimum atomic E-state index is 0.543. The molecule has 10 rings (SSSR count). The van der Waals surface area contributed by atoms with Crippen LogP contribution in [0.5, 0.6) is 0 Å². The molecule has 52 heavy (non-hydrogen) atoms. The molecular formula is C46H27N5O. The lowest BCUT2D eigenvalue weighted by Crippen LogP contribution is -2.02. The summed E-state index contributed by atoms with van der Waals surface area (Å²) < 4.78 is 8.94. The number of furan rings is 1. The Labute approximate surface area is 298 Å². The van der Waals surface area contributed by atoms with Crippen LogP contribution in [0.25, 0.3) is 94.7 Å². The van der Waals surface area contributed by atoms with Gasteiger partial charge < -0.3 is 8.98 Å². The first-order valence-corrected chi connectivity index (χ1v) is 17.1. The Kier molecular flexibility index (Phi) is 6.76. The minimum Gasteiger partial charge on any atom is -0.454 e. The molecule has 0 bridgehead atoms. The molecule has 0 N–H and O–H groups in total. The lowest BCUT2D eigenvalue weighted by molar-refractivity contribution is 0.671. The van der Waals surface area contributed by atoms with Crippen LogP contribution >= 0.6 is 0 Å². The van der Waals surface area contributed by atoms with E-state index in [-0.39, 0.29) is 0 Å². The first kappa shape index (κ1) is 29.5. The molecule has 242 valence electrons. The van der Waals surface area contributed by atoms with Crippen molar-refractivity contribution in [2.45, 2.75) is 0 Å². The average Bonchev–Trinajstić information content (AvgIpc) is 3.77. The van der Waals surface area contributed by atoms with Crippen LogP contribution in [-0.4, -0.2) is 19.5 Å². The molecule has 3 heterocycles. The standard InChI is InChI=1S/C46H27N5O/c47-28-29-12-11-17-32(24-29)33-25-34(46-49-44(30-13-3-1-4-14-30)48-45(50-46)31-15-5-2-6-16-31)27-35(26-33)51-40-20-9-7-18-36(40)38-22-23-39-37-19-8-10-21-41(37)52-43(39)42(38)51/h1-27H. The van der Waals surface area contributed by atoms with Crippen molar-refractivity contribution in [3.05, 3.63) is 169 Å². The Hall–Kier alpha value is -7.36. The molecule has 6 nitrogen and oxygen atoms in total. The van der Waals surface area contributed by atoms with Crippen LogP contribution in [0.3, 0.4) is 0 Å². The Bertz CT molecular complexity index is 2970. The lowest BCUT2D eigenvalue weighted by Gasteiger charge is -2.14. The van der Waals surface area contributed by atoms with Crippen molar-refractivity contribution in [2.24, 2.45) is 0 Å². The van der Waals surface area contributed by atoms with Gasteiger partial charge in [0.1, 0.15) is 5.58 Å². The molecule has 0 amide bonds. The zero-order valence-electron chi connectivity index (χ0n) is 27.7. The topological polar surface area (TPSA) is 80.5 Å². The molecule has 0 fully saturated rings. The Morgan fingerprint density at radius 1 is 0.462 bits per heavy atom. The molecule has 0 aliphatic heterocycles. The van der Waals surface area contributed by atoms with Gasteiger partial charge in [-0.25, -0.2) is 15.0 Å². The normalized spacial score (nSPS) is 11.4. The maximum absolute atomic E-state index is 9.83. The number of hydrogen-bond acceptors (Lipinski definition) is 5. The van der Waals surface area contributed by atoms with Gasteiger partial charge in [-0.3, -0.25) is 0 Å². The van der Waals surface area contributed by atoms with Crippen molar-refractivity contribution in [2.75, 3.05) is 0 Å². The zero-order valence-corrected chi connectivity index (χ0v) is 27.7. The first-order chi connectivity index (χ1) is 25.7. The van der Waals surface area contributed by atoms with Crippen molar-refractivity contribution in [3.8, 4) is 57.0 Å². The molecule has 6 heteroatoms. The van der Waals surface area contributed by atoms with Crippen molar-refractivity contribution in [1.29, 1.82) is 5.26 Å². The van der Waals surface area contributed by atoms with Crippen LogP contribution in [-0.2, 0) is 0 Å². The predicted octanol–water partition coefficient (Wildman–Crippen LogP) is 11.4. The number of nitriles is 1. The van der Waals surface area contributed by atoms with E-state index in [9.17, 15) is 5.26 Å². The predicted molar refractivity (Wildman–Crippen MR) is 208 cm³/mol. The summed E-state index contributed by atoms with van der Waals surface area (Å²) in [6, 6.07) is 57.4. The monoisotopic (exact) mass is 665 g/mol. The van der Waals surface area contributed by atoms with Gasteiger partial charge in [-0.1, -0.05) is 115 Å². The Morgan fingerprint density at radius 2 is 1.06 bits per heavy atom. The molecule has 10 aromatic rings. The van der Waals surface area contributed by atoms with Gasteiger partial charge in [0, 0.05) is 43.9 Å². The summed E-state index contributed by atoms with van der Waals surface area (Å²) in [7, 11) is 0. The van der Waals surface area contributed by atoms with E-state index in [1.54, 1.807) is 0 Å². The smallest absolute Gasteiger partial charge is 0.164 e. The van der Waals surface area contributed by atoms with Gasteiger partial charge in [0.25, 0.3) is 0 Å². The van der Waals surface area contributed by atoms with Crippen LogP contribution in [0.15, 0.2) is 168 Å². The highest BCUT2D eigenvalue weighted by atomic mass is 16.3. The Balaban J connectivity index is 1.30. The number of rotatable bonds is 5. The van der Waals surface area contributed by atoms with E-state index < -0.39 is 0 Å². The van der Waals surface area contributed by atoms with E-state index in [2.05, 4.69) is 71.3 Å². The molecular weight excluding hydrogens is 639 g/mol. The number of nitrogens with zero attached hydrogens (tertiary/aromatic N) is 5. The van der Waals surface area contributed by atoms with E-state index in [1.165, 1.54) is 0 Å². The fraction of sp³-hybridized carbons (Fsp3) is 0. The molecule has 0 saturated carbocycles. The fourth-order valence-corrected chi connectivity index (χ4v) is 7.24. The zero-order chi connectivity index (χ0) is 34.6. The van der Waals surface area contributed by atoms with Gasteiger partial charge in [0.15, 0.2) is 23.1 Å².